The van der Waals surface area contributed by atoms with Gasteiger partial charge < -0.3 is 13.8 Å². The van der Waals surface area contributed by atoms with Gasteiger partial charge in [0.2, 0.25) is 0 Å². The molecule has 0 atom stereocenters. The van der Waals surface area contributed by atoms with Crippen molar-refractivity contribution in [1.82, 2.24) is 14.7 Å². The van der Waals surface area contributed by atoms with Crippen LogP contribution in [0.3, 0.4) is 0 Å². The van der Waals surface area contributed by atoms with Gasteiger partial charge in [-0.15, -0.1) is 11.6 Å². The highest BCUT2D eigenvalue weighted by Crippen LogP contribution is 2.27. The second-order valence-electron chi connectivity index (χ2n) is 4.60. The maximum atomic E-state index is 5.90. The third-order valence-electron chi connectivity index (χ3n) is 3.25. The second kappa shape index (κ2) is 6.18. The summed E-state index contributed by atoms with van der Waals surface area (Å²) in [5, 5.41) is 3.97. The Hall–Kier alpha value is -2.01. The standard InChI is InChI=1S/C15H16ClN3O2/c1-2-20-13-5-3-4-12-15(13)17-14(6-8-16)19(12)10-11-7-9-21-18-11/h3-5,7,9H,2,6,8,10H2,1H3. The zero-order valence-electron chi connectivity index (χ0n) is 11.8. The molecule has 0 unspecified atom stereocenters. The fraction of sp³-hybridized carbons (Fsp3) is 0.333. The molecule has 0 aliphatic heterocycles. The molecule has 0 saturated carbocycles. The van der Waals surface area contributed by atoms with Crippen molar-refractivity contribution in [2.24, 2.45) is 0 Å². The number of alkyl halides is 1. The smallest absolute Gasteiger partial charge is 0.147 e. The van der Waals surface area contributed by atoms with Crippen LogP contribution >= 0.6 is 11.6 Å². The minimum absolute atomic E-state index is 0.520. The average Bonchev–Trinajstić information content (AvgIpc) is 3.10. The predicted octanol–water partition coefficient (Wildman–Crippen LogP) is 3.25. The normalized spacial score (nSPS) is 11.1. The number of aryl methyl sites for hydroxylation is 1. The van der Waals surface area contributed by atoms with Crippen LogP contribution in [-0.2, 0) is 13.0 Å². The maximum Gasteiger partial charge on any atom is 0.147 e. The summed E-state index contributed by atoms with van der Waals surface area (Å²) in [6.07, 6.45) is 2.26. The van der Waals surface area contributed by atoms with Gasteiger partial charge in [-0.05, 0) is 19.1 Å². The number of ether oxygens (including phenoxy) is 1. The van der Waals surface area contributed by atoms with Gasteiger partial charge in [0.15, 0.2) is 0 Å². The molecule has 0 N–H and O–H groups in total. The minimum atomic E-state index is 0.520. The summed E-state index contributed by atoms with van der Waals surface area (Å²) >= 11 is 5.90. The number of aromatic nitrogens is 3. The summed E-state index contributed by atoms with van der Waals surface area (Å²) in [5.41, 5.74) is 2.74. The lowest BCUT2D eigenvalue weighted by Gasteiger charge is -2.07. The number of para-hydroxylation sites is 1. The maximum absolute atomic E-state index is 5.90. The number of benzene rings is 1. The fourth-order valence-corrected chi connectivity index (χ4v) is 2.54. The molecule has 3 aromatic rings. The minimum Gasteiger partial charge on any atom is -0.492 e. The van der Waals surface area contributed by atoms with Gasteiger partial charge in [0.05, 0.1) is 18.7 Å². The van der Waals surface area contributed by atoms with Gasteiger partial charge in [0.25, 0.3) is 0 Å². The molecule has 21 heavy (non-hydrogen) atoms. The zero-order chi connectivity index (χ0) is 14.7. The van der Waals surface area contributed by atoms with E-state index in [-0.39, 0.29) is 0 Å². The molecule has 0 aliphatic rings. The van der Waals surface area contributed by atoms with E-state index in [9.17, 15) is 0 Å². The Labute approximate surface area is 127 Å². The average molecular weight is 306 g/mol. The van der Waals surface area contributed by atoms with Crippen molar-refractivity contribution < 1.29 is 9.26 Å². The number of rotatable bonds is 6. The van der Waals surface area contributed by atoms with Crippen LogP contribution in [0.25, 0.3) is 11.0 Å². The molecule has 0 radical (unpaired) electrons. The number of hydrogen-bond donors (Lipinski definition) is 0. The first-order valence-electron chi connectivity index (χ1n) is 6.89. The number of hydrogen-bond acceptors (Lipinski definition) is 4. The molecule has 110 valence electrons. The van der Waals surface area contributed by atoms with Crippen molar-refractivity contribution in [2.45, 2.75) is 19.9 Å². The summed E-state index contributed by atoms with van der Waals surface area (Å²) in [7, 11) is 0. The molecular formula is C15H16ClN3O2. The molecule has 2 heterocycles. The summed E-state index contributed by atoms with van der Waals surface area (Å²) < 4.78 is 12.7. The molecule has 0 spiro atoms. The molecule has 2 aromatic heterocycles. The van der Waals surface area contributed by atoms with Gasteiger partial charge >= 0.3 is 0 Å². The van der Waals surface area contributed by atoms with Crippen LogP contribution in [0.5, 0.6) is 5.75 Å². The summed E-state index contributed by atoms with van der Waals surface area (Å²) in [4.78, 5) is 4.70. The Morgan fingerprint density at radius 2 is 2.24 bits per heavy atom. The molecule has 0 amide bonds. The van der Waals surface area contributed by atoms with Gasteiger partial charge in [0.1, 0.15) is 29.0 Å². The van der Waals surface area contributed by atoms with E-state index in [0.717, 1.165) is 28.3 Å². The van der Waals surface area contributed by atoms with Crippen LogP contribution in [0.2, 0.25) is 0 Å². The number of imidazole rings is 1. The van der Waals surface area contributed by atoms with E-state index in [1.54, 1.807) is 6.26 Å². The van der Waals surface area contributed by atoms with E-state index in [4.69, 9.17) is 25.8 Å². The highest BCUT2D eigenvalue weighted by atomic mass is 35.5. The first kappa shape index (κ1) is 13.9. The fourth-order valence-electron chi connectivity index (χ4n) is 2.37. The highest BCUT2D eigenvalue weighted by Gasteiger charge is 2.15. The van der Waals surface area contributed by atoms with Crippen molar-refractivity contribution in [3.05, 3.63) is 42.0 Å². The summed E-state index contributed by atoms with van der Waals surface area (Å²) in [5.74, 6) is 2.24. The lowest BCUT2D eigenvalue weighted by Crippen LogP contribution is -2.06. The third kappa shape index (κ3) is 2.74. The molecule has 6 heteroatoms. The highest BCUT2D eigenvalue weighted by molar-refractivity contribution is 6.17. The molecule has 0 bridgehead atoms. The molecule has 0 fully saturated rings. The van der Waals surface area contributed by atoms with Crippen LogP contribution in [-0.4, -0.2) is 27.2 Å². The van der Waals surface area contributed by atoms with Gasteiger partial charge in [0, 0.05) is 18.4 Å². The first-order chi connectivity index (χ1) is 10.3. The van der Waals surface area contributed by atoms with E-state index >= 15 is 0 Å². The Morgan fingerprint density at radius 1 is 1.33 bits per heavy atom. The van der Waals surface area contributed by atoms with Crippen LogP contribution in [0, 0.1) is 0 Å². The van der Waals surface area contributed by atoms with Crippen molar-refractivity contribution in [1.29, 1.82) is 0 Å². The Morgan fingerprint density at radius 3 is 2.95 bits per heavy atom. The lowest BCUT2D eigenvalue weighted by molar-refractivity contribution is 0.343. The third-order valence-corrected chi connectivity index (χ3v) is 3.44. The van der Waals surface area contributed by atoms with Crippen molar-refractivity contribution in [3.63, 3.8) is 0 Å². The van der Waals surface area contributed by atoms with Crippen molar-refractivity contribution in [2.75, 3.05) is 12.5 Å². The summed E-state index contributed by atoms with van der Waals surface area (Å²) in [6, 6.07) is 7.79. The molecule has 0 saturated heterocycles. The quantitative estimate of drug-likeness (QED) is 0.656. The Kier molecular flexibility index (Phi) is 4.10. The number of nitrogens with zero attached hydrogens (tertiary/aromatic N) is 3. The van der Waals surface area contributed by atoms with E-state index in [1.807, 2.05) is 31.2 Å². The Bertz CT molecular complexity index is 722. The number of halogens is 1. The van der Waals surface area contributed by atoms with Gasteiger partial charge in [-0.3, -0.25) is 0 Å². The topological polar surface area (TPSA) is 53.1 Å². The molecule has 0 aliphatic carbocycles. The predicted molar refractivity (Wildman–Crippen MR) is 80.9 cm³/mol. The van der Waals surface area contributed by atoms with E-state index in [2.05, 4.69) is 9.72 Å². The van der Waals surface area contributed by atoms with Crippen molar-refractivity contribution in [3.8, 4) is 5.75 Å². The van der Waals surface area contributed by atoms with E-state index < -0.39 is 0 Å². The van der Waals surface area contributed by atoms with E-state index in [0.29, 0.717) is 25.5 Å². The van der Waals surface area contributed by atoms with Gasteiger partial charge in [-0.25, -0.2) is 4.98 Å². The van der Waals surface area contributed by atoms with Gasteiger partial charge in [-0.2, -0.15) is 0 Å². The Balaban J connectivity index is 2.10. The molecular weight excluding hydrogens is 290 g/mol. The molecule has 3 rings (SSSR count). The number of fused-ring (bicyclic) bond motifs is 1. The molecule has 1 aromatic carbocycles. The first-order valence-corrected chi connectivity index (χ1v) is 7.43. The van der Waals surface area contributed by atoms with Crippen molar-refractivity contribution >= 4 is 22.6 Å². The van der Waals surface area contributed by atoms with E-state index in [1.165, 1.54) is 0 Å². The van der Waals surface area contributed by atoms with Gasteiger partial charge in [-0.1, -0.05) is 11.2 Å². The monoisotopic (exact) mass is 305 g/mol. The van der Waals surface area contributed by atoms with Crippen LogP contribution < -0.4 is 4.74 Å². The second-order valence-corrected chi connectivity index (χ2v) is 4.98. The van der Waals surface area contributed by atoms with Crippen LogP contribution in [0.4, 0.5) is 0 Å². The molecule has 5 nitrogen and oxygen atoms in total. The summed E-state index contributed by atoms with van der Waals surface area (Å²) in [6.45, 7) is 3.18. The van der Waals surface area contributed by atoms with Crippen LogP contribution in [0.15, 0.2) is 35.1 Å². The largest absolute Gasteiger partial charge is 0.492 e. The SMILES string of the molecule is CCOc1cccc2c1nc(CCCl)n2Cc1ccon1. The zero-order valence-corrected chi connectivity index (χ0v) is 12.5. The van der Waals surface area contributed by atoms with Crippen LogP contribution in [0.1, 0.15) is 18.4 Å². The lowest BCUT2D eigenvalue weighted by atomic mass is 10.3.